The van der Waals surface area contributed by atoms with Crippen LogP contribution in [0.2, 0.25) is 0 Å². The van der Waals surface area contributed by atoms with E-state index in [4.69, 9.17) is 0 Å². The molecule has 0 radical (unpaired) electrons. The topological polar surface area (TPSA) is 121 Å². The van der Waals surface area contributed by atoms with Gasteiger partial charge in [0.25, 0.3) is 0 Å². The van der Waals surface area contributed by atoms with Gasteiger partial charge in [0, 0.05) is 39.9 Å². The first-order valence-electron chi connectivity index (χ1n) is 34.3. The number of unbranched alkanes of at least 4 members (excludes halogenated alkanes) is 7. The lowest BCUT2D eigenvalue weighted by atomic mass is 9.45. The highest BCUT2D eigenvalue weighted by Gasteiger charge is 2.58. The number of aromatic hydroxyl groups is 6. The molecule has 460 valence electrons. The highest BCUT2D eigenvalue weighted by molar-refractivity contribution is 5.57. The summed E-state index contributed by atoms with van der Waals surface area (Å²) in [7, 11) is 0. The molecule has 0 aromatic heterocycles. The number of hydrogen-bond acceptors (Lipinski definition) is 6. The number of phenols is 6. The van der Waals surface area contributed by atoms with Crippen molar-refractivity contribution in [2.45, 2.75) is 278 Å². The van der Waals surface area contributed by atoms with E-state index < -0.39 is 0 Å². The first-order chi connectivity index (χ1) is 39.9. The van der Waals surface area contributed by atoms with Gasteiger partial charge in [-0.3, -0.25) is 0 Å². The number of rotatable bonds is 19. The van der Waals surface area contributed by atoms with Crippen molar-refractivity contribution in [3.63, 3.8) is 0 Å². The molecule has 15 rings (SSSR count). The minimum atomic E-state index is -0.0274. The van der Waals surface area contributed by atoms with Crippen molar-refractivity contribution >= 4 is 0 Å². The summed E-state index contributed by atoms with van der Waals surface area (Å²) < 4.78 is 0. The van der Waals surface area contributed by atoms with Crippen molar-refractivity contribution in [1.82, 2.24) is 0 Å². The summed E-state index contributed by atoms with van der Waals surface area (Å²) >= 11 is 0. The van der Waals surface area contributed by atoms with Crippen LogP contribution < -0.4 is 0 Å². The van der Waals surface area contributed by atoms with Crippen LogP contribution in [0, 0.1) is 51.8 Å². The van der Waals surface area contributed by atoms with Crippen molar-refractivity contribution in [1.29, 1.82) is 0 Å². The van der Waals surface area contributed by atoms with E-state index in [1.807, 2.05) is 36.4 Å². The monoisotopic (exact) mass is 1140 g/mol. The molecule has 3 aromatic rings. The van der Waals surface area contributed by atoms with Gasteiger partial charge in [-0.05, 0) is 213 Å². The SMILES string of the molecule is CCCC/C=C\C1(c2cc(O)c([C@@H]3C=C(C)[C@@H]4CC3C4(C)C)c(O)c2)CCCC1.CCCCCC1(c2cc(O)c([C@H]3C=C(C)[C@H]4C[C@@H]3C4(C)C)c(O)c2)CCC1.CCCCCCC1(c2cc(O)c([C@H]3C=C(C)[C@H]4C[C@@H]3C4(C)C)c(O)c2)CCC1. The van der Waals surface area contributed by atoms with Gasteiger partial charge in [-0.1, -0.05) is 193 Å². The van der Waals surface area contributed by atoms with Crippen LogP contribution in [0.25, 0.3) is 0 Å². The lowest BCUT2D eigenvalue weighted by molar-refractivity contribution is -0.0199. The number of benzene rings is 3. The molecule has 6 saturated carbocycles. The summed E-state index contributed by atoms with van der Waals surface area (Å²) in [4.78, 5) is 0. The van der Waals surface area contributed by atoms with Gasteiger partial charge in [0.05, 0.1) is 0 Å². The summed E-state index contributed by atoms with van der Waals surface area (Å²) in [6, 6.07) is 11.9. The van der Waals surface area contributed by atoms with E-state index in [0.29, 0.717) is 58.5 Å². The zero-order valence-corrected chi connectivity index (χ0v) is 54.4. The standard InChI is InChI=1S/C27H38O2.C26H38O2.C25H36O2/c1-5-6-7-8-11-27(12-9-10-13-27)19-15-23(28)25(24(29)16-19)20-14-18(2)21-17-22(20)26(21,3)4;1-5-6-7-8-10-26(11-9-12-26)18-14-22(27)24(23(28)15-18)19-13-17(2)20-16-21(19)25(20,3)4;1-5-6-7-9-25(10-8-11-25)17-13-21(26)23(22(27)14-17)18-12-16(2)19-15-20(18)24(19,3)4/h8,11,14-16,20-22,28-29H,5-7,9-10,12-13,17H2,1-4H3;13-15,19-21,27-28H,5-12,16H2,1-4H3;12-14,18-20,26-27H,5-11,15H2,1-4H3/b11-8-;;/t20-,21+,22?;19-,20+,21-;18-,19+,20-/m100/s1. The largest absolute Gasteiger partial charge is 0.507 e. The Hall–Kier alpha value is -4.58. The Morgan fingerprint density at radius 1 is 0.405 bits per heavy atom. The lowest BCUT2D eigenvalue weighted by Crippen LogP contribution is -2.50. The summed E-state index contributed by atoms with van der Waals surface area (Å²) in [5, 5.41) is 66.2. The fourth-order valence-corrected chi connectivity index (χ4v) is 19.6. The molecule has 0 heterocycles. The first-order valence-corrected chi connectivity index (χ1v) is 34.3. The third-order valence-corrected chi connectivity index (χ3v) is 25.6. The van der Waals surface area contributed by atoms with E-state index >= 15 is 0 Å². The van der Waals surface area contributed by atoms with Crippen molar-refractivity contribution in [3.8, 4) is 34.5 Å². The second-order valence-corrected chi connectivity index (χ2v) is 31.2. The molecule has 6 bridgehead atoms. The quantitative estimate of drug-likeness (QED) is 0.0525. The molecular formula is C78H112O6. The highest BCUT2D eigenvalue weighted by atomic mass is 16.3. The maximum Gasteiger partial charge on any atom is 0.123 e. The molecular weight excluding hydrogens is 1030 g/mol. The van der Waals surface area contributed by atoms with Crippen LogP contribution in [-0.4, -0.2) is 30.6 Å². The van der Waals surface area contributed by atoms with Crippen LogP contribution in [0.5, 0.6) is 34.5 Å². The molecule has 12 aliphatic carbocycles. The molecule has 12 aliphatic rings. The third-order valence-electron chi connectivity index (χ3n) is 25.6. The van der Waals surface area contributed by atoms with Crippen LogP contribution in [0.4, 0.5) is 0 Å². The zero-order chi connectivity index (χ0) is 60.3. The molecule has 0 saturated heterocycles. The van der Waals surface area contributed by atoms with Crippen molar-refractivity contribution < 1.29 is 30.6 Å². The second-order valence-electron chi connectivity index (χ2n) is 31.2. The van der Waals surface area contributed by atoms with E-state index in [9.17, 15) is 30.6 Å². The molecule has 0 spiro atoms. The van der Waals surface area contributed by atoms with E-state index in [2.05, 4.69) is 113 Å². The molecule has 9 atom stereocenters. The Balaban J connectivity index is 0.000000140. The molecule has 3 aromatic carbocycles. The fourth-order valence-electron chi connectivity index (χ4n) is 19.6. The Bertz CT molecular complexity index is 2910. The molecule has 6 nitrogen and oxygen atoms in total. The van der Waals surface area contributed by atoms with Gasteiger partial charge >= 0.3 is 0 Å². The smallest absolute Gasteiger partial charge is 0.123 e. The summed E-state index contributed by atoms with van der Waals surface area (Å²) in [5.41, 5.74) is 11.0. The molecule has 0 amide bonds. The molecule has 0 aliphatic heterocycles. The molecule has 6 fully saturated rings. The number of hydrogen-bond donors (Lipinski definition) is 6. The maximum atomic E-state index is 11.1. The molecule has 1 unspecified atom stereocenters. The summed E-state index contributed by atoms with van der Waals surface area (Å²) in [6.07, 6.45) is 41.8. The van der Waals surface area contributed by atoms with Crippen LogP contribution in [0.3, 0.4) is 0 Å². The minimum Gasteiger partial charge on any atom is -0.507 e. The van der Waals surface area contributed by atoms with E-state index in [1.54, 1.807) is 0 Å². The summed E-state index contributed by atoms with van der Waals surface area (Å²) in [6.45, 7) is 27.4. The van der Waals surface area contributed by atoms with Crippen molar-refractivity contribution in [3.05, 3.63) is 117 Å². The third kappa shape index (κ3) is 11.0. The lowest BCUT2D eigenvalue weighted by Gasteiger charge is -2.59. The zero-order valence-electron chi connectivity index (χ0n) is 54.4. The van der Waals surface area contributed by atoms with Gasteiger partial charge in [-0.25, -0.2) is 0 Å². The van der Waals surface area contributed by atoms with Crippen LogP contribution in [0.15, 0.2) is 83.5 Å². The Kier molecular flexibility index (Phi) is 18.0. The fraction of sp³-hybridized carbons (Fsp3) is 0.667. The van der Waals surface area contributed by atoms with Gasteiger partial charge in [-0.15, -0.1) is 0 Å². The number of allylic oxidation sites excluding steroid dienone is 8. The molecule has 84 heavy (non-hydrogen) atoms. The number of fused-ring (bicyclic) bond motifs is 3. The highest BCUT2D eigenvalue weighted by Crippen LogP contribution is 2.68. The van der Waals surface area contributed by atoms with E-state index in [-0.39, 0.29) is 61.7 Å². The first kappa shape index (κ1) is 62.5. The predicted molar refractivity (Wildman–Crippen MR) is 348 cm³/mol. The maximum absolute atomic E-state index is 11.1. The van der Waals surface area contributed by atoms with Gasteiger partial charge in [0.15, 0.2) is 0 Å². The normalized spacial score (nSPS) is 29.8. The van der Waals surface area contributed by atoms with Gasteiger partial charge in [0.1, 0.15) is 34.5 Å². The average molecular weight is 1150 g/mol. The number of phenolic OH excluding ortho intramolecular Hbond substituents is 6. The van der Waals surface area contributed by atoms with Crippen LogP contribution >= 0.6 is 0 Å². The molecule has 6 heteroatoms. The minimum absolute atomic E-state index is 0.0274. The van der Waals surface area contributed by atoms with Gasteiger partial charge < -0.3 is 30.6 Å². The second kappa shape index (κ2) is 24.2. The Morgan fingerprint density at radius 2 is 0.726 bits per heavy atom. The predicted octanol–water partition coefficient (Wildman–Crippen LogP) is 21.4. The average Bonchev–Trinajstić information content (AvgIpc) is 0.922. The molecule has 6 N–H and O–H groups in total. The van der Waals surface area contributed by atoms with Crippen LogP contribution in [0.1, 0.15) is 295 Å². The van der Waals surface area contributed by atoms with E-state index in [0.717, 1.165) is 52.6 Å². The van der Waals surface area contributed by atoms with Crippen LogP contribution in [-0.2, 0) is 16.2 Å². The summed E-state index contributed by atoms with van der Waals surface area (Å²) in [5.74, 6) is 5.68. The van der Waals surface area contributed by atoms with Gasteiger partial charge in [0.2, 0.25) is 0 Å². The van der Waals surface area contributed by atoms with Gasteiger partial charge in [-0.2, -0.15) is 0 Å². The Labute approximate surface area is 508 Å². The Morgan fingerprint density at radius 3 is 1.02 bits per heavy atom. The van der Waals surface area contributed by atoms with E-state index in [1.165, 1.54) is 158 Å². The van der Waals surface area contributed by atoms with Crippen molar-refractivity contribution in [2.75, 3.05) is 0 Å². The van der Waals surface area contributed by atoms with Crippen molar-refractivity contribution in [2.24, 2.45) is 51.8 Å².